The van der Waals surface area contributed by atoms with Crippen molar-refractivity contribution in [2.45, 2.75) is 13.0 Å². The Morgan fingerprint density at radius 2 is 2.45 bits per heavy atom. The molecule has 0 saturated heterocycles. The Balaban J connectivity index is 2.93. The number of aryl methyl sites for hydroxylation is 1. The molecule has 0 fully saturated rings. The summed E-state index contributed by atoms with van der Waals surface area (Å²) in [6.07, 6.45) is 1.71. The third kappa shape index (κ3) is 1.76. The number of rotatable bonds is 2. The van der Waals surface area contributed by atoms with Crippen LogP contribution in [0.2, 0.25) is 0 Å². The Labute approximate surface area is 65.9 Å². The van der Waals surface area contributed by atoms with Gasteiger partial charge in [-0.2, -0.15) is 0 Å². The Morgan fingerprint density at radius 3 is 3.00 bits per heavy atom. The van der Waals surface area contributed by atoms with Crippen LogP contribution in [-0.2, 0) is 0 Å². The Morgan fingerprint density at radius 1 is 1.73 bits per heavy atom. The molecule has 0 bridgehead atoms. The number of aromatic nitrogens is 1. The van der Waals surface area contributed by atoms with Crippen LogP contribution in [0.25, 0.3) is 0 Å². The minimum atomic E-state index is -0.302. The largest absolute Gasteiger partial charge is 0.394 e. The van der Waals surface area contributed by atoms with E-state index in [0.29, 0.717) is 0 Å². The second-order valence-corrected chi connectivity index (χ2v) is 2.47. The molecule has 0 spiro atoms. The predicted octanol–water partition coefficient (Wildman–Crippen LogP) is 0.382. The first-order valence-electron chi connectivity index (χ1n) is 3.53. The van der Waals surface area contributed by atoms with Crippen LogP contribution < -0.4 is 5.73 Å². The fourth-order valence-electron chi connectivity index (χ4n) is 0.987. The first kappa shape index (κ1) is 8.17. The first-order valence-corrected chi connectivity index (χ1v) is 3.53. The van der Waals surface area contributed by atoms with Gasteiger partial charge in [-0.05, 0) is 18.6 Å². The SMILES string of the molecule is Cc1ncccc1[C@@H](N)CO. The molecule has 1 rings (SSSR count). The van der Waals surface area contributed by atoms with Crippen molar-refractivity contribution in [2.75, 3.05) is 6.61 Å². The van der Waals surface area contributed by atoms with Gasteiger partial charge in [-0.3, -0.25) is 4.98 Å². The average Bonchev–Trinajstić information content (AvgIpc) is 2.04. The van der Waals surface area contributed by atoms with Crippen molar-refractivity contribution >= 4 is 0 Å². The average molecular weight is 152 g/mol. The highest BCUT2D eigenvalue weighted by Crippen LogP contribution is 2.11. The van der Waals surface area contributed by atoms with Crippen LogP contribution in [0.15, 0.2) is 18.3 Å². The summed E-state index contributed by atoms with van der Waals surface area (Å²) in [4.78, 5) is 4.06. The highest BCUT2D eigenvalue weighted by molar-refractivity contribution is 5.21. The molecule has 0 unspecified atom stereocenters. The Hall–Kier alpha value is -0.930. The highest BCUT2D eigenvalue weighted by Gasteiger charge is 2.06. The number of nitrogens with zero attached hydrogens (tertiary/aromatic N) is 1. The lowest BCUT2D eigenvalue weighted by molar-refractivity contribution is 0.267. The molecule has 3 N–H and O–H groups in total. The molecule has 1 heterocycles. The molecule has 3 heteroatoms. The third-order valence-corrected chi connectivity index (χ3v) is 1.64. The van der Waals surface area contributed by atoms with Gasteiger partial charge in [0.2, 0.25) is 0 Å². The van der Waals surface area contributed by atoms with E-state index in [9.17, 15) is 0 Å². The van der Waals surface area contributed by atoms with Crippen LogP contribution in [-0.4, -0.2) is 16.7 Å². The molecule has 1 aromatic rings. The van der Waals surface area contributed by atoms with Crippen molar-refractivity contribution in [1.82, 2.24) is 4.98 Å². The highest BCUT2D eigenvalue weighted by atomic mass is 16.3. The quantitative estimate of drug-likeness (QED) is 0.644. The zero-order chi connectivity index (χ0) is 8.27. The predicted molar refractivity (Wildman–Crippen MR) is 43.0 cm³/mol. The van der Waals surface area contributed by atoms with Crippen LogP contribution in [0, 0.1) is 6.92 Å². The van der Waals surface area contributed by atoms with E-state index in [1.807, 2.05) is 19.1 Å². The van der Waals surface area contributed by atoms with Gasteiger partial charge < -0.3 is 10.8 Å². The molecule has 60 valence electrons. The lowest BCUT2D eigenvalue weighted by Crippen LogP contribution is -2.16. The summed E-state index contributed by atoms with van der Waals surface area (Å²) in [6.45, 7) is 1.84. The number of aliphatic hydroxyl groups is 1. The van der Waals surface area contributed by atoms with E-state index in [-0.39, 0.29) is 12.6 Å². The fourth-order valence-corrected chi connectivity index (χ4v) is 0.987. The van der Waals surface area contributed by atoms with E-state index in [4.69, 9.17) is 10.8 Å². The maximum atomic E-state index is 8.76. The van der Waals surface area contributed by atoms with E-state index < -0.39 is 0 Å². The number of hydrogen-bond acceptors (Lipinski definition) is 3. The van der Waals surface area contributed by atoms with Gasteiger partial charge in [0.25, 0.3) is 0 Å². The summed E-state index contributed by atoms with van der Waals surface area (Å²) in [5.74, 6) is 0. The standard InChI is InChI=1S/C8H12N2O/c1-6-7(8(9)5-11)3-2-4-10-6/h2-4,8,11H,5,9H2,1H3/t8-/m0/s1. The number of nitrogens with two attached hydrogens (primary N) is 1. The zero-order valence-electron chi connectivity index (χ0n) is 6.49. The lowest BCUT2D eigenvalue weighted by atomic mass is 10.1. The van der Waals surface area contributed by atoms with E-state index in [0.717, 1.165) is 11.3 Å². The number of pyridine rings is 1. The molecule has 0 amide bonds. The molecule has 0 aliphatic carbocycles. The smallest absolute Gasteiger partial charge is 0.0625 e. The molecule has 0 aromatic carbocycles. The van der Waals surface area contributed by atoms with Gasteiger partial charge in [0, 0.05) is 11.9 Å². The van der Waals surface area contributed by atoms with E-state index in [2.05, 4.69) is 4.98 Å². The molecule has 0 aliphatic rings. The van der Waals surface area contributed by atoms with Crippen molar-refractivity contribution < 1.29 is 5.11 Å². The summed E-state index contributed by atoms with van der Waals surface area (Å²) in [6, 6.07) is 3.39. The van der Waals surface area contributed by atoms with Gasteiger partial charge in [0.1, 0.15) is 0 Å². The van der Waals surface area contributed by atoms with E-state index in [1.165, 1.54) is 0 Å². The molecule has 11 heavy (non-hydrogen) atoms. The van der Waals surface area contributed by atoms with Crippen molar-refractivity contribution in [1.29, 1.82) is 0 Å². The second kappa shape index (κ2) is 3.46. The minimum absolute atomic E-state index is 0.0352. The fraction of sp³-hybridized carbons (Fsp3) is 0.375. The molecular weight excluding hydrogens is 140 g/mol. The first-order chi connectivity index (χ1) is 5.25. The molecule has 0 saturated carbocycles. The monoisotopic (exact) mass is 152 g/mol. The zero-order valence-corrected chi connectivity index (χ0v) is 6.49. The molecule has 3 nitrogen and oxygen atoms in total. The summed E-state index contributed by atoms with van der Waals surface area (Å²) < 4.78 is 0. The topological polar surface area (TPSA) is 59.1 Å². The van der Waals surface area contributed by atoms with Crippen LogP contribution in [0.5, 0.6) is 0 Å². The lowest BCUT2D eigenvalue weighted by Gasteiger charge is -2.09. The van der Waals surface area contributed by atoms with Crippen molar-refractivity contribution in [3.8, 4) is 0 Å². The third-order valence-electron chi connectivity index (χ3n) is 1.64. The van der Waals surface area contributed by atoms with E-state index >= 15 is 0 Å². The Bertz CT molecular complexity index is 237. The molecule has 1 aromatic heterocycles. The van der Waals surface area contributed by atoms with Gasteiger partial charge in [-0.15, -0.1) is 0 Å². The minimum Gasteiger partial charge on any atom is -0.394 e. The van der Waals surface area contributed by atoms with Crippen LogP contribution in [0.3, 0.4) is 0 Å². The number of aliphatic hydroxyl groups excluding tert-OH is 1. The van der Waals surface area contributed by atoms with Crippen LogP contribution in [0.4, 0.5) is 0 Å². The van der Waals surface area contributed by atoms with Gasteiger partial charge in [-0.1, -0.05) is 6.07 Å². The second-order valence-electron chi connectivity index (χ2n) is 2.47. The van der Waals surface area contributed by atoms with Crippen molar-refractivity contribution in [3.05, 3.63) is 29.6 Å². The molecule has 0 aliphatic heterocycles. The molecule has 0 radical (unpaired) electrons. The molecule has 1 atom stereocenters. The summed E-state index contributed by atoms with van der Waals surface area (Å²) in [5.41, 5.74) is 7.40. The summed E-state index contributed by atoms with van der Waals surface area (Å²) in [7, 11) is 0. The van der Waals surface area contributed by atoms with Gasteiger partial charge in [0.15, 0.2) is 0 Å². The van der Waals surface area contributed by atoms with Crippen molar-refractivity contribution in [2.24, 2.45) is 5.73 Å². The van der Waals surface area contributed by atoms with Crippen LogP contribution >= 0.6 is 0 Å². The number of hydrogen-bond donors (Lipinski definition) is 2. The van der Waals surface area contributed by atoms with Gasteiger partial charge >= 0.3 is 0 Å². The van der Waals surface area contributed by atoms with E-state index in [1.54, 1.807) is 6.20 Å². The van der Waals surface area contributed by atoms with Gasteiger partial charge in [0.05, 0.1) is 12.6 Å². The van der Waals surface area contributed by atoms with Crippen molar-refractivity contribution in [3.63, 3.8) is 0 Å². The summed E-state index contributed by atoms with van der Waals surface area (Å²) >= 11 is 0. The maximum Gasteiger partial charge on any atom is 0.0625 e. The maximum absolute atomic E-state index is 8.76. The normalized spacial score (nSPS) is 13.0. The van der Waals surface area contributed by atoms with Gasteiger partial charge in [-0.25, -0.2) is 0 Å². The molecular formula is C8H12N2O. The Kier molecular flexibility index (Phi) is 2.57. The summed E-state index contributed by atoms with van der Waals surface area (Å²) in [5, 5.41) is 8.76. The van der Waals surface area contributed by atoms with Crippen LogP contribution in [0.1, 0.15) is 17.3 Å².